The standard InChI is InChI=1S/C25H19Cl2NO6/c1-31-15-8-10-19(21(12-15)32-2)28-22(29)13-33-25-23(30)17-5-3-4-6-20(17)34-24(25)16-9-7-14(26)11-18(16)27/h3-12H,13H2,1-2H3,(H,28,29). The lowest BCUT2D eigenvalue weighted by atomic mass is 10.1. The van der Waals surface area contributed by atoms with Gasteiger partial charge in [-0.25, -0.2) is 0 Å². The van der Waals surface area contributed by atoms with Gasteiger partial charge in [0.15, 0.2) is 12.4 Å². The topological polar surface area (TPSA) is 87.0 Å². The lowest BCUT2D eigenvalue weighted by Crippen LogP contribution is -2.23. The molecule has 0 saturated heterocycles. The molecule has 0 unspecified atom stereocenters. The molecule has 174 valence electrons. The molecule has 7 nitrogen and oxygen atoms in total. The van der Waals surface area contributed by atoms with Crippen LogP contribution in [0, 0.1) is 0 Å². The Hall–Kier alpha value is -3.68. The Morgan fingerprint density at radius 2 is 1.79 bits per heavy atom. The molecule has 1 N–H and O–H groups in total. The van der Waals surface area contributed by atoms with Gasteiger partial charge in [0, 0.05) is 16.7 Å². The molecule has 0 spiro atoms. The largest absolute Gasteiger partial charge is 0.497 e. The summed E-state index contributed by atoms with van der Waals surface area (Å²) in [5.41, 5.74) is 0.746. The normalized spacial score (nSPS) is 10.7. The number of hydrogen-bond donors (Lipinski definition) is 1. The summed E-state index contributed by atoms with van der Waals surface area (Å²) in [4.78, 5) is 25.9. The number of nitrogens with one attached hydrogen (secondary N) is 1. The maximum atomic E-state index is 13.2. The predicted octanol–water partition coefficient (Wildman–Crippen LogP) is 5.80. The van der Waals surface area contributed by atoms with Gasteiger partial charge in [0.2, 0.25) is 11.2 Å². The molecule has 0 saturated carbocycles. The van der Waals surface area contributed by atoms with Crippen molar-refractivity contribution in [2.45, 2.75) is 0 Å². The summed E-state index contributed by atoms with van der Waals surface area (Å²) in [7, 11) is 3.00. The molecular weight excluding hydrogens is 481 g/mol. The fourth-order valence-electron chi connectivity index (χ4n) is 3.33. The van der Waals surface area contributed by atoms with Crippen molar-refractivity contribution in [3.63, 3.8) is 0 Å². The lowest BCUT2D eigenvalue weighted by Gasteiger charge is -2.14. The van der Waals surface area contributed by atoms with E-state index in [1.165, 1.54) is 20.3 Å². The van der Waals surface area contributed by atoms with Crippen molar-refractivity contribution in [1.29, 1.82) is 0 Å². The zero-order chi connectivity index (χ0) is 24.2. The maximum Gasteiger partial charge on any atom is 0.262 e. The molecule has 0 fully saturated rings. The van der Waals surface area contributed by atoms with Crippen LogP contribution in [0.2, 0.25) is 10.0 Å². The van der Waals surface area contributed by atoms with Crippen molar-refractivity contribution in [2.75, 3.05) is 26.1 Å². The second-order valence-corrected chi connectivity index (χ2v) is 7.96. The number of hydrogen-bond acceptors (Lipinski definition) is 6. The van der Waals surface area contributed by atoms with E-state index in [0.717, 1.165) is 0 Å². The fraction of sp³-hybridized carbons (Fsp3) is 0.120. The third kappa shape index (κ3) is 4.81. The molecule has 4 aromatic rings. The molecule has 0 aliphatic heterocycles. The van der Waals surface area contributed by atoms with Crippen LogP contribution in [0.1, 0.15) is 0 Å². The van der Waals surface area contributed by atoms with Crippen molar-refractivity contribution < 1.29 is 23.4 Å². The quantitative estimate of drug-likeness (QED) is 0.345. The van der Waals surface area contributed by atoms with Crippen LogP contribution < -0.4 is 25.0 Å². The molecule has 34 heavy (non-hydrogen) atoms. The smallest absolute Gasteiger partial charge is 0.262 e. The van der Waals surface area contributed by atoms with E-state index in [-0.39, 0.29) is 16.5 Å². The average molecular weight is 500 g/mol. The number of fused-ring (bicyclic) bond motifs is 1. The molecule has 4 rings (SSSR count). The van der Waals surface area contributed by atoms with Crippen LogP contribution in [0.3, 0.4) is 0 Å². The number of halogens is 2. The number of methoxy groups -OCH3 is 2. The van der Waals surface area contributed by atoms with E-state index in [1.54, 1.807) is 54.6 Å². The minimum absolute atomic E-state index is 0.0974. The highest BCUT2D eigenvalue weighted by molar-refractivity contribution is 6.36. The van der Waals surface area contributed by atoms with Crippen molar-refractivity contribution in [3.05, 3.63) is 80.9 Å². The van der Waals surface area contributed by atoms with Gasteiger partial charge in [-0.2, -0.15) is 0 Å². The van der Waals surface area contributed by atoms with Crippen molar-refractivity contribution in [2.24, 2.45) is 0 Å². The van der Waals surface area contributed by atoms with Crippen molar-refractivity contribution in [3.8, 4) is 28.6 Å². The van der Waals surface area contributed by atoms with Crippen molar-refractivity contribution in [1.82, 2.24) is 0 Å². The summed E-state index contributed by atoms with van der Waals surface area (Å²) >= 11 is 12.4. The Balaban J connectivity index is 1.67. The molecule has 0 radical (unpaired) electrons. The summed E-state index contributed by atoms with van der Waals surface area (Å²) in [6, 6.07) is 16.4. The number of ether oxygens (including phenoxy) is 3. The number of anilines is 1. The van der Waals surface area contributed by atoms with Crippen LogP contribution in [-0.2, 0) is 4.79 Å². The number of para-hydroxylation sites is 1. The number of rotatable bonds is 7. The Morgan fingerprint density at radius 1 is 1.00 bits per heavy atom. The first-order valence-electron chi connectivity index (χ1n) is 10.1. The van der Waals surface area contributed by atoms with Crippen LogP contribution >= 0.6 is 23.2 Å². The Morgan fingerprint density at radius 3 is 2.53 bits per heavy atom. The van der Waals surface area contributed by atoms with Gasteiger partial charge in [-0.05, 0) is 42.5 Å². The molecule has 9 heteroatoms. The molecule has 3 aromatic carbocycles. The van der Waals surface area contributed by atoms with Gasteiger partial charge in [0.1, 0.15) is 17.1 Å². The van der Waals surface area contributed by atoms with Gasteiger partial charge in [0.25, 0.3) is 5.91 Å². The highest BCUT2D eigenvalue weighted by Gasteiger charge is 2.21. The zero-order valence-electron chi connectivity index (χ0n) is 18.2. The summed E-state index contributed by atoms with van der Waals surface area (Å²) in [6.45, 7) is -0.462. The minimum Gasteiger partial charge on any atom is -0.497 e. The van der Waals surface area contributed by atoms with Gasteiger partial charge in [-0.1, -0.05) is 35.3 Å². The van der Waals surface area contributed by atoms with Gasteiger partial charge in [-0.15, -0.1) is 0 Å². The second kappa shape index (κ2) is 10.1. The van der Waals surface area contributed by atoms with E-state index in [4.69, 9.17) is 41.8 Å². The summed E-state index contributed by atoms with van der Waals surface area (Å²) < 4.78 is 22.1. The number of amides is 1. The van der Waals surface area contributed by atoms with E-state index in [0.29, 0.717) is 38.7 Å². The van der Waals surface area contributed by atoms with E-state index in [2.05, 4.69) is 5.32 Å². The van der Waals surface area contributed by atoms with Crippen LogP contribution in [-0.4, -0.2) is 26.7 Å². The highest BCUT2D eigenvalue weighted by Crippen LogP contribution is 2.36. The van der Waals surface area contributed by atoms with E-state index in [1.807, 2.05) is 0 Å². The predicted molar refractivity (Wildman–Crippen MR) is 132 cm³/mol. The van der Waals surface area contributed by atoms with Crippen LogP contribution in [0.4, 0.5) is 5.69 Å². The van der Waals surface area contributed by atoms with E-state index >= 15 is 0 Å². The van der Waals surface area contributed by atoms with Gasteiger partial charge in [0.05, 0.1) is 30.3 Å². The van der Waals surface area contributed by atoms with Crippen LogP contribution in [0.25, 0.3) is 22.3 Å². The number of carbonyl (C=O) groups is 1. The monoisotopic (exact) mass is 499 g/mol. The molecular formula is C25H19Cl2NO6. The summed E-state index contributed by atoms with van der Waals surface area (Å²) in [5, 5.41) is 3.70. The molecule has 0 bridgehead atoms. The lowest BCUT2D eigenvalue weighted by molar-refractivity contribution is -0.118. The maximum absolute atomic E-state index is 13.2. The highest BCUT2D eigenvalue weighted by atomic mass is 35.5. The first kappa shape index (κ1) is 23.5. The van der Waals surface area contributed by atoms with Gasteiger partial charge >= 0.3 is 0 Å². The van der Waals surface area contributed by atoms with Crippen molar-refractivity contribution >= 4 is 45.8 Å². The van der Waals surface area contributed by atoms with E-state index < -0.39 is 17.9 Å². The molecule has 1 aromatic heterocycles. The fourth-order valence-corrected chi connectivity index (χ4v) is 3.83. The molecule has 1 heterocycles. The van der Waals surface area contributed by atoms with Crippen LogP contribution in [0.5, 0.6) is 17.2 Å². The number of carbonyl (C=O) groups excluding carboxylic acids is 1. The molecule has 0 atom stereocenters. The Labute approximate surface area is 204 Å². The zero-order valence-corrected chi connectivity index (χ0v) is 19.7. The second-order valence-electron chi connectivity index (χ2n) is 7.11. The first-order chi connectivity index (χ1) is 16.4. The Bertz CT molecular complexity index is 1430. The third-order valence-corrected chi connectivity index (χ3v) is 5.51. The summed E-state index contributed by atoms with van der Waals surface area (Å²) in [6.07, 6.45) is 0. The SMILES string of the molecule is COc1ccc(NC(=O)COc2c(-c3ccc(Cl)cc3Cl)oc3ccccc3c2=O)c(OC)c1. The van der Waals surface area contributed by atoms with Gasteiger partial charge < -0.3 is 23.9 Å². The third-order valence-electron chi connectivity index (χ3n) is 4.96. The molecule has 0 aliphatic rings. The van der Waals surface area contributed by atoms with Crippen LogP contribution in [0.15, 0.2) is 69.9 Å². The first-order valence-corrected chi connectivity index (χ1v) is 10.8. The molecule has 1 amide bonds. The Kier molecular flexibility index (Phi) is 6.95. The number of benzene rings is 3. The van der Waals surface area contributed by atoms with Gasteiger partial charge in [-0.3, -0.25) is 9.59 Å². The average Bonchev–Trinajstić information content (AvgIpc) is 2.83. The minimum atomic E-state index is -0.510. The molecule has 0 aliphatic carbocycles. The summed E-state index contributed by atoms with van der Waals surface area (Å²) in [5.74, 6) is 0.431. The van der Waals surface area contributed by atoms with E-state index in [9.17, 15) is 9.59 Å².